The van der Waals surface area contributed by atoms with E-state index in [-0.39, 0.29) is 36.0 Å². The number of halogens is 1. The number of nitrogens with zero attached hydrogens (tertiary/aromatic N) is 1. The van der Waals surface area contributed by atoms with Crippen molar-refractivity contribution in [3.8, 4) is 17.2 Å². The van der Waals surface area contributed by atoms with Gasteiger partial charge in [-0.1, -0.05) is 38.1 Å². The standard InChI is InChI=1S/C33H36FN3O5/c1-33(2)16-24-29(26(38)17-33)30(22-14-15-27(40-3)32(42-5)31(22)41-4)37(25-9-7-6-8-23(25)36-24)19-28(39)35-18-20-10-12-21(34)13-11-20/h6-15,30,36H,16-19H2,1-5H3,(H,35,39). The van der Waals surface area contributed by atoms with Crippen LogP contribution in [0.3, 0.4) is 0 Å². The predicted octanol–water partition coefficient (Wildman–Crippen LogP) is 5.78. The normalized spacial score (nSPS) is 17.4. The minimum Gasteiger partial charge on any atom is -0.493 e. The number of carbonyl (C=O) groups is 2. The number of para-hydroxylation sites is 2. The van der Waals surface area contributed by atoms with Crippen molar-refractivity contribution in [2.24, 2.45) is 5.41 Å². The van der Waals surface area contributed by atoms with Gasteiger partial charge >= 0.3 is 0 Å². The van der Waals surface area contributed by atoms with E-state index < -0.39 is 6.04 Å². The van der Waals surface area contributed by atoms with Gasteiger partial charge < -0.3 is 29.7 Å². The average Bonchev–Trinajstić information content (AvgIpc) is 3.09. The van der Waals surface area contributed by atoms with E-state index in [2.05, 4.69) is 24.5 Å². The first-order valence-corrected chi connectivity index (χ1v) is 13.8. The Kier molecular flexibility index (Phi) is 8.11. The van der Waals surface area contributed by atoms with Gasteiger partial charge in [0.15, 0.2) is 17.3 Å². The maximum absolute atomic E-state index is 14.0. The van der Waals surface area contributed by atoms with E-state index in [0.717, 1.165) is 22.6 Å². The maximum Gasteiger partial charge on any atom is 0.239 e. The fourth-order valence-corrected chi connectivity index (χ4v) is 5.90. The summed E-state index contributed by atoms with van der Waals surface area (Å²) in [6.07, 6.45) is 1.01. The number of anilines is 2. The predicted molar refractivity (Wildman–Crippen MR) is 160 cm³/mol. The number of benzene rings is 3. The molecule has 0 saturated heterocycles. The number of nitrogens with one attached hydrogen (secondary N) is 2. The van der Waals surface area contributed by atoms with Crippen LogP contribution in [-0.4, -0.2) is 39.6 Å². The first-order valence-electron chi connectivity index (χ1n) is 13.8. The van der Waals surface area contributed by atoms with Crippen molar-refractivity contribution >= 4 is 23.1 Å². The van der Waals surface area contributed by atoms with E-state index >= 15 is 0 Å². The van der Waals surface area contributed by atoms with Crippen molar-refractivity contribution in [2.75, 3.05) is 38.1 Å². The summed E-state index contributed by atoms with van der Waals surface area (Å²) in [6.45, 7) is 4.34. The van der Waals surface area contributed by atoms with Crippen molar-refractivity contribution in [1.82, 2.24) is 5.32 Å². The fraction of sp³-hybridized carbons (Fsp3) is 0.333. The van der Waals surface area contributed by atoms with Crippen LogP contribution in [0.4, 0.5) is 15.8 Å². The van der Waals surface area contributed by atoms with Gasteiger partial charge in [-0.25, -0.2) is 4.39 Å². The molecule has 0 aromatic heterocycles. The molecular weight excluding hydrogens is 537 g/mol. The zero-order valence-corrected chi connectivity index (χ0v) is 24.5. The first kappa shape index (κ1) is 29.0. The lowest BCUT2D eigenvalue weighted by Gasteiger charge is -2.38. The fourth-order valence-electron chi connectivity index (χ4n) is 5.90. The Morgan fingerprint density at radius 2 is 1.69 bits per heavy atom. The van der Waals surface area contributed by atoms with Gasteiger partial charge in [0, 0.05) is 29.8 Å². The van der Waals surface area contributed by atoms with Gasteiger partial charge in [0.05, 0.1) is 45.3 Å². The summed E-state index contributed by atoms with van der Waals surface area (Å²) in [6, 6.07) is 16.7. The lowest BCUT2D eigenvalue weighted by Crippen LogP contribution is -2.42. The highest BCUT2D eigenvalue weighted by Crippen LogP contribution is 2.52. The quantitative estimate of drug-likeness (QED) is 0.353. The van der Waals surface area contributed by atoms with Gasteiger partial charge in [-0.3, -0.25) is 9.59 Å². The lowest BCUT2D eigenvalue weighted by molar-refractivity contribution is -0.121. The molecule has 0 fully saturated rings. The number of hydrogen-bond donors (Lipinski definition) is 2. The minimum atomic E-state index is -0.675. The number of Topliss-reactive ketones (excluding diaryl/α,β-unsaturated/α-hetero) is 1. The molecule has 0 saturated carbocycles. The summed E-state index contributed by atoms with van der Waals surface area (Å²) in [5, 5.41) is 6.51. The summed E-state index contributed by atoms with van der Waals surface area (Å²) in [7, 11) is 4.63. The Morgan fingerprint density at radius 3 is 2.38 bits per heavy atom. The molecule has 1 heterocycles. The van der Waals surface area contributed by atoms with Gasteiger partial charge in [0.25, 0.3) is 0 Å². The second-order valence-electron chi connectivity index (χ2n) is 11.3. The van der Waals surface area contributed by atoms with Crippen LogP contribution in [-0.2, 0) is 16.1 Å². The number of fused-ring (bicyclic) bond motifs is 1. The summed E-state index contributed by atoms with van der Waals surface area (Å²) < 4.78 is 30.5. The van der Waals surface area contributed by atoms with Crippen molar-refractivity contribution in [3.05, 3.63) is 88.9 Å². The van der Waals surface area contributed by atoms with Crippen molar-refractivity contribution in [1.29, 1.82) is 0 Å². The van der Waals surface area contributed by atoms with Crippen molar-refractivity contribution in [2.45, 2.75) is 39.3 Å². The van der Waals surface area contributed by atoms with Crippen molar-refractivity contribution in [3.63, 3.8) is 0 Å². The van der Waals surface area contributed by atoms with E-state index in [1.807, 2.05) is 35.2 Å². The molecule has 2 N–H and O–H groups in total. The molecule has 0 bridgehead atoms. The monoisotopic (exact) mass is 573 g/mol. The highest BCUT2D eigenvalue weighted by atomic mass is 19.1. The molecule has 1 amide bonds. The van der Waals surface area contributed by atoms with Gasteiger partial charge in [0.1, 0.15) is 5.82 Å². The Labute approximate surface area is 245 Å². The smallest absolute Gasteiger partial charge is 0.239 e. The van der Waals surface area contributed by atoms with Crippen LogP contribution in [0.5, 0.6) is 17.2 Å². The van der Waals surface area contributed by atoms with Crippen LogP contribution >= 0.6 is 0 Å². The van der Waals surface area contributed by atoms with E-state index in [1.54, 1.807) is 32.4 Å². The van der Waals surface area contributed by atoms with Crippen LogP contribution < -0.4 is 29.7 Å². The molecule has 42 heavy (non-hydrogen) atoms. The molecule has 2 aliphatic rings. The van der Waals surface area contributed by atoms with Crippen molar-refractivity contribution < 1.29 is 28.2 Å². The van der Waals surface area contributed by atoms with Crippen LogP contribution in [0.15, 0.2) is 71.9 Å². The number of rotatable bonds is 8. The number of hydrogen-bond acceptors (Lipinski definition) is 7. The summed E-state index contributed by atoms with van der Waals surface area (Å²) in [4.78, 5) is 29.5. The Morgan fingerprint density at radius 1 is 0.976 bits per heavy atom. The molecule has 5 rings (SSSR count). The summed E-state index contributed by atoms with van der Waals surface area (Å²) in [5.41, 5.74) is 4.16. The third-order valence-corrected chi connectivity index (χ3v) is 7.75. The maximum atomic E-state index is 14.0. The molecular formula is C33H36FN3O5. The van der Waals surface area contributed by atoms with E-state index in [4.69, 9.17) is 14.2 Å². The molecule has 1 aliphatic carbocycles. The SMILES string of the molecule is COc1ccc(C2C3=C(CC(C)(C)CC3=O)Nc3ccccc3N2CC(=O)NCc2ccc(F)cc2)c(OC)c1OC. The number of allylic oxidation sites excluding steroid dienone is 1. The van der Waals surface area contributed by atoms with Crippen LogP contribution in [0.2, 0.25) is 0 Å². The number of ether oxygens (including phenoxy) is 3. The van der Waals surface area contributed by atoms with Crippen LogP contribution in [0.25, 0.3) is 0 Å². The van der Waals surface area contributed by atoms with E-state index in [0.29, 0.717) is 41.2 Å². The second kappa shape index (κ2) is 11.8. The molecule has 8 nitrogen and oxygen atoms in total. The second-order valence-corrected chi connectivity index (χ2v) is 11.3. The third-order valence-electron chi connectivity index (χ3n) is 7.75. The topological polar surface area (TPSA) is 89.1 Å². The molecule has 0 radical (unpaired) electrons. The average molecular weight is 574 g/mol. The van der Waals surface area contributed by atoms with Crippen LogP contribution in [0.1, 0.15) is 43.9 Å². The minimum absolute atomic E-state index is 0.000106. The number of ketones is 1. The molecule has 1 atom stereocenters. The Hall–Kier alpha value is -4.53. The lowest BCUT2D eigenvalue weighted by atomic mass is 9.73. The molecule has 3 aromatic rings. The molecule has 220 valence electrons. The number of amides is 1. The largest absolute Gasteiger partial charge is 0.493 e. The molecule has 3 aromatic carbocycles. The number of carbonyl (C=O) groups excluding carboxylic acids is 2. The Balaban J connectivity index is 1.65. The van der Waals surface area contributed by atoms with Gasteiger partial charge in [-0.15, -0.1) is 0 Å². The highest BCUT2D eigenvalue weighted by molar-refractivity contribution is 6.02. The first-order chi connectivity index (χ1) is 20.2. The summed E-state index contributed by atoms with van der Waals surface area (Å²) in [5.74, 6) is 0.706. The Bertz CT molecular complexity index is 1530. The molecule has 0 spiro atoms. The van der Waals surface area contributed by atoms with Gasteiger partial charge in [0.2, 0.25) is 11.7 Å². The van der Waals surface area contributed by atoms with Gasteiger partial charge in [-0.05, 0) is 53.8 Å². The van der Waals surface area contributed by atoms with E-state index in [9.17, 15) is 14.0 Å². The molecule has 1 aliphatic heterocycles. The zero-order chi connectivity index (χ0) is 30.0. The molecule has 1 unspecified atom stereocenters. The highest BCUT2D eigenvalue weighted by Gasteiger charge is 2.43. The third kappa shape index (κ3) is 5.64. The zero-order valence-electron chi connectivity index (χ0n) is 24.5. The number of methoxy groups -OCH3 is 3. The van der Waals surface area contributed by atoms with E-state index in [1.165, 1.54) is 19.2 Å². The van der Waals surface area contributed by atoms with Crippen LogP contribution in [0, 0.1) is 11.2 Å². The van der Waals surface area contributed by atoms with Gasteiger partial charge in [-0.2, -0.15) is 0 Å². The summed E-state index contributed by atoms with van der Waals surface area (Å²) >= 11 is 0. The molecule has 9 heteroatoms.